The van der Waals surface area contributed by atoms with Gasteiger partial charge in [-0.3, -0.25) is 9.10 Å². The van der Waals surface area contributed by atoms with E-state index in [1.165, 1.54) is 41.7 Å². The topological polar surface area (TPSA) is 113 Å². The maximum absolute atomic E-state index is 13.8. The van der Waals surface area contributed by atoms with Crippen LogP contribution in [0.4, 0.5) is 11.4 Å². The Morgan fingerprint density at radius 1 is 0.902 bits per heavy atom. The van der Waals surface area contributed by atoms with Gasteiger partial charge in [0.15, 0.2) is 0 Å². The lowest BCUT2D eigenvalue weighted by atomic mass is 10.0. The Balaban J connectivity index is 1.66. The Labute approximate surface area is 243 Å². The number of nitrogens with zero attached hydrogens (tertiary/aromatic N) is 2. The minimum atomic E-state index is -4.11. The molecular formula is C30H37N3O6S2. The van der Waals surface area contributed by atoms with Gasteiger partial charge in [-0.1, -0.05) is 50.1 Å². The number of nitrogens with one attached hydrogen (secondary N) is 1. The highest BCUT2D eigenvalue weighted by molar-refractivity contribution is 7.92. The predicted octanol–water partition coefficient (Wildman–Crippen LogP) is 5.14. The third kappa shape index (κ3) is 6.91. The minimum absolute atomic E-state index is 0.0314. The number of carbonyl (C=O) groups excluding carboxylic acids is 1. The summed E-state index contributed by atoms with van der Waals surface area (Å²) in [7, 11) is -6.47. The van der Waals surface area contributed by atoms with Crippen molar-refractivity contribution in [3.8, 4) is 5.75 Å². The van der Waals surface area contributed by atoms with Crippen molar-refractivity contribution in [2.45, 2.75) is 55.7 Å². The molecule has 1 N–H and O–H groups in total. The number of methoxy groups -OCH3 is 1. The fraction of sp³-hybridized carbons (Fsp3) is 0.367. The first-order valence-electron chi connectivity index (χ1n) is 13.6. The predicted molar refractivity (Wildman–Crippen MR) is 160 cm³/mol. The Morgan fingerprint density at radius 3 is 2.10 bits per heavy atom. The zero-order valence-corrected chi connectivity index (χ0v) is 25.5. The molecule has 0 radical (unpaired) electrons. The number of sulfonamides is 2. The fourth-order valence-electron chi connectivity index (χ4n) is 4.70. The van der Waals surface area contributed by atoms with Gasteiger partial charge >= 0.3 is 0 Å². The molecule has 41 heavy (non-hydrogen) atoms. The van der Waals surface area contributed by atoms with E-state index in [-0.39, 0.29) is 27.1 Å². The quantitative estimate of drug-likeness (QED) is 0.346. The molecule has 1 fully saturated rings. The highest BCUT2D eigenvalue weighted by Gasteiger charge is 2.29. The molecule has 0 spiro atoms. The van der Waals surface area contributed by atoms with Gasteiger partial charge in [-0.25, -0.2) is 16.8 Å². The molecule has 0 bridgehead atoms. The lowest BCUT2D eigenvalue weighted by Crippen LogP contribution is -2.38. The number of piperidine rings is 1. The molecule has 220 valence electrons. The van der Waals surface area contributed by atoms with Crippen LogP contribution in [0.2, 0.25) is 0 Å². The summed E-state index contributed by atoms with van der Waals surface area (Å²) < 4.78 is 61.9. The molecule has 3 aromatic rings. The maximum atomic E-state index is 13.8. The summed E-state index contributed by atoms with van der Waals surface area (Å²) in [4.78, 5) is 13.5. The van der Waals surface area contributed by atoms with Gasteiger partial charge in [0.2, 0.25) is 15.9 Å². The molecule has 1 saturated heterocycles. The third-order valence-corrected chi connectivity index (χ3v) is 10.8. The minimum Gasteiger partial charge on any atom is -0.495 e. The van der Waals surface area contributed by atoms with Crippen LogP contribution in [0.25, 0.3) is 0 Å². The van der Waals surface area contributed by atoms with Gasteiger partial charge in [0.05, 0.1) is 28.3 Å². The van der Waals surface area contributed by atoms with E-state index < -0.39 is 32.5 Å². The standard InChI is InChI=1S/C30H37N3O6S2/c1-22(2)24-10-12-25(13-11-24)33(41(37,38)26-14-8-23(3)9-15-26)21-30(34)31-28-20-27(16-17-29(28)39-4)40(35,36)32-18-6-5-7-19-32/h8-17,20,22H,5-7,18-19,21H2,1-4H3,(H,31,34). The van der Waals surface area contributed by atoms with E-state index in [1.54, 1.807) is 24.3 Å². The molecule has 0 atom stereocenters. The molecule has 9 nitrogen and oxygen atoms in total. The SMILES string of the molecule is COc1ccc(S(=O)(=O)N2CCCCC2)cc1NC(=O)CN(c1ccc(C(C)C)cc1)S(=O)(=O)c1ccc(C)cc1. The molecule has 4 rings (SSSR count). The molecule has 11 heteroatoms. The van der Waals surface area contributed by atoms with Crippen LogP contribution in [-0.2, 0) is 24.8 Å². The number of carbonyl (C=O) groups is 1. The van der Waals surface area contributed by atoms with Crippen LogP contribution in [0.1, 0.15) is 50.2 Å². The number of aryl methyl sites for hydroxylation is 1. The zero-order valence-electron chi connectivity index (χ0n) is 23.8. The number of anilines is 2. The largest absolute Gasteiger partial charge is 0.495 e. The maximum Gasteiger partial charge on any atom is 0.264 e. The summed E-state index contributed by atoms with van der Waals surface area (Å²) in [5.41, 5.74) is 2.40. The zero-order chi connectivity index (χ0) is 29.8. The van der Waals surface area contributed by atoms with Crippen molar-refractivity contribution in [2.24, 2.45) is 0 Å². The van der Waals surface area contributed by atoms with Crippen LogP contribution < -0.4 is 14.4 Å². The molecular weight excluding hydrogens is 562 g/mol. The lowest BCUT2D eigenvalue weighted by molar-refractivity contribution is -0.114. The third-order valence-electron chi connectivity index (χ3n) is 7.14. The summed E-state index contributed by atoms with van der Waals surface area (Å²) in [6.45, 7) is 6.28. The van der Waals surface area contributed by atoms with Gasteiger partial charge in [-0.2, -0.15) is 4.31 Å². The number of amides is 1. The van der Waals surface area contributed by atoms with Crippen molar-refractivity contribution >= 4 is 37.3 Å². The Hall–Kier alpha value is -3.41. The number of rotatable bonds is 10. The summed E-state index contributed by atoms with van der Waals surface area (Å²) in [5, 5.41) is 2.69. The molecule has 1 amide bonds. The van der Waals surface area contributed by atoms with E-state index in [2.05, 4.69) is 5.32 Å². The average Bonchev–Trinajstić information content (AvgIpc) is 2.96. The molecule has 0 unspecified atom stereocenters. The van der Waals surface area contributed by atoms with Crippen molar-refractivity contribution < 1.29 is 26.4 Å². The number of ether oxygens (including phenoxy) is 1. The first kappa shape index (κ1) is 30.5. The first-order chi connectivity index (χ1) is 19.4. The van der Waals surface area contributed by atoms with Gasteiger partial charge in [0, 0.05) is 13.1 Å². The summed E-state index contributed by atoms with van der Waals surface area (Å²) >= 11 is 0. The molecule has 1 aliphatic rings. The summed E-state index contributed by atoms with van der Waals surface area (Å²) in [5.74, 6) is -0.153. The van der Waals surface area contributed by atoms with E-state index in [1.807, 2.05) is 32.9 Å². The number of hydrogen-bond acceptors (Lipinski definition) is 6. The first-order valence-corrected chi connectivity index (χ1v) is 16.5. The van der Waals surface area contributed by atoms with Crippen LogP contribution in [0.5, 0.6) is 5.75 Å². The van der Waals surface area contributed by atoms with Gasteiger partial charge < -0.3 is 10.1 Å². The highest BCUT2D eigenvalue weighted by Crippen LogP contribution is 2.31. The van der Waals surface area contributed by atoms with Crippen molar-refractivity contribution in [3.63, 3.8) is 0 Å². The van der Waals surface area contributed by atoms with Gasteiger partial charge in [0.1, 0.15) is 12.3 Å². The average molecular weight is 600 g/mol. The van der Waals surface area contributed by atoms with Gasteiger partial charge in [-0.05, 0) is 73.7 Å². The lowest BCUT2D eigenvalue weighted by Gasteiger charge is -2.26. The molecule has 0 aromatic heterocycles. The second-order valence-electron chi connectivity index (χ2n) is 10.4. The number of benzene rings is 3. The molecule has 3 aromatic carbocycles. The van der Waals surface area contributed by atoms with Crippen LogP contribution >= 0.6 is 0 Å². The molecule has 1 aliphatic heterocycles. The Bertz CT molecular complexity index is 1580. The number of hydrogen-bond donors (Lipinski definition) is 1. The van der Waals surface area contributed by atoms with Crippen LogP contribution in [0.15, 0.2) is 76.5 Å². The molecule has 0 aliphatic carbocycles. The van der Waals surface area contributed by atoms with Gasteiger partial charge in [-0.15, -0.1) is 0 Å². The van der Waals surface area contributed by atoms with Crippen molar-refractivity contribution in [3.05, 3.63) is 77.9 Å². The van der Waals surface area contributed by atoms with E-state index in [0.717, 1.165) is 34.7 Å². The van der Waals surface area contributed by atoms with Crippen molar-refractivity contribution in [2.75, 3.05) is 36.4 Å². The van der Waals surface area contributed by atoms with E-state index in [4.69, 9.17) is 4.74 Å². The van der Waals surface area contributed by atoms with E-state index in [0.29, 0.717) is 18.8 Å². The second kappa shape index (κ2) is 12.6. The van der Waals surface area contributed by atoms with Crippen LogP contribution in [0.3, 0.4) is 0 Å². The summed E-state index contributed by atoms with van der Waals surface area (Å²) in [6.07, 6.45) is 2.57. The van der Waals surface area contributed by atoms with Gasteiger partial charge in [0.25, 0.3) is 10.0 Å². The second-order valence-corrected chi connectivity index (χ2v) is 14.2. The molecule has 1 heterocycles. The van der Waals surface area contributed by atoms with Crippen molar-refractivity contribution in [1.82, 2.24) is 4.31 Å². The normalized spacial score (nSPS) is 14.6. The highest BCUT2D eigenvalue weighted by atomic mass is 32.2. The summed E-state index contributed by atoms with van der Waals surface area (Å²) in [6, 6.07) is 17.8. The smallest absolute Gasteiger partial charge is 0.264 e. The Kier molecular flexibility index (Phi) is 9.41. The van der Waals surface area contributed by atoms with E-state index in [9.17, 15) is 21.6 Å². The fourth-order valence-corrected chi connectivity index (χ4v) is 7.66. The molecule has 0 saturated carbocycles. The van der Waals surface area contributed by atoms with E-state index >= 15 is 0 Å². The van der Waals surface area contributed by atoms with Crippen LogP contribution in [-0.4, -0.2) is 53.8 Å². The Morgan fingerprint density at radius 2 is 1.51 bits per heavy atom. The van der Waals surface area contributed by atoms with Crippen LogP contribution in [0, 0.1) is 6.92 Å². The van der Waals surface area contributed by atoms with Crippen molar-refractivity contribution in [1.29, 1.82) is 0 Å². The monoisotopic (exact) mass is 599 g/mol.